The second-order valence-corrected chi connectivity index (χ2v) is 6.57. The first-order valence-corrected chi connectivity index (χ1v) is 9.50. The Bertz CT molecular complexity index is 659. The molecular weight excluding hydrogens is 350 g/mol. The molecule has 0 atom stereocenters. The van der Waals surface area contributed by atoms with Gasteiger partial charge in [0, 0.05) is 43.9 Å². The Morgan fingerprint density at radius 1 is 1.19 bits per heavy atom. The molecule has 0 aliphatic carbocycles. The zero-order valence-corrected chi connectivity index (χ0v) is 15.7. The number of piperidine rings is 1. The van der Waals surface area contributed by atoms with Gasteiger partial charge in [0.05, 0.1) is 6.61 Å². The van der Waals surface area contributed by atoms with Gasteiger partial charge >= 0.3 is 6.09 Å². The van der Waals surface area contributed by atoms with Gasteiger partial charge < -0.3 is 29.7 Å². The van der Waals surface area contributed by atoms with E-state index in [2.05, 4.69) is 10.6 Å². The minimum absolute atomic E-state index is 0.0527. The molecule has 3 rings (SSSR count). The summed E-state index contributed by atoms with van der Waals surface area (Å²) in [5.74, 6) is 1.31. The molecule has 0 unspecified atom stereocenters. The van der Waals surface area contributed by atoms with Crippen LogP contribution in [0, 0.1) is 0 Å². The quantitative estimate of drug-likeness (QED) is 0.788. The highest BCUT2D eigenvalue weighted by Gasteiger charge is 2.23. The van der Waals surface area contributed by atoms with Crippen molar-refractivity contribution in [1.29, 1.82) is 0 Å². The molecule has 2 N–H and O–H groups in total. The van der Waals surface area contributed by atoms with Crippen LogP contribution in [0.5, 0.6) is 11.5 Å². The average Bonchev–Trinajstić information content (AvgIpc) is 2.68. The van der Waals surface area contributed by atoms with Crippen molar-refractivity contribution in [2.45, 2.75) is 32.2 Å². The third kappa shape index (κ3) is 5.50. The van der Waals surface area contributed by atoms with Crippen LogP contribution in [0.3, 0.4) is 0 Å². The fourth-order valence-electron chi connectivity index (χ4n) is 3.22. The highest BCUT2D eigenvalue weighted by molar-refractivity contribution is 5.91. The molecule has 1 aromatic carbocycles. The van der Waals surface area contributed by atoms with Gasteiger partial charge in [-0.15, -0.1) is 0 Å². The highest BCUT2D eigenvalue weighted by atomic mass is 16.6. The molecule has 0 radical (unpaired) electrons. The van der Waals surface area contributed by atoms with Crippen LogP contribution in [0.1, 0.15) is 26.2 Å². The molecule has 0 spiro atoms. The molecule has 8 heteroatoms. The number of fused-ring (bicyclic) bond motifs is 1. The van der Waals surface area contributed by atoms with Gasteiger partial charge in [-0.1, -0.05) is 0 Å². The number of hydrogen-bond acceptors (Lipinski definition) is 6. The fourth-order valence-corrected chi connectivity index (χ4v) is 3.22. The van der Waals surface area contributed by atoms with Crippen LogP contribution in [0.15, 0.2) is 18.2 Å². The van der Waals surface area contributed by atoms with E-state index < -0.39 is 0 Å². The second-order valence-electron chi connectivity index (χ2n) is 6.57. The molecule has 0 saturated carbocycles. The van der Waals surface area contributed by atoms with E-state index in [0.717, 1.165) is 12.8 Å². The minimum Gasteiger partial charge on any atom is -0.486 e. The number of amides is 2. The first kappa shape index (κ1) is 19.3. The van der Waals surface area contributed by atoms with Crippen molar-refractivity contribution in [1.82, 2.24) is 10.2 Å². The molecule has 2 aliphatic rings. The number of likely N-dealkylation sites (tertiary alicyclic amines) is 1. The van der Waals surface area contributed by atoms with Crippen molar-refractivity contribution in [2.75, 3.05) is 44.8 Å². The van der Waals surface area contributed by atoms with Crippen LogP contribution >= 0.6 is 0 Å². The molecule has 148 valence electrons. The van der Waals surface area contributed by atoms with Crippen molar-refractivity contribution in [3.05, 3.63) is 18.2 Å². The van der Waals surface area contributed by atoms with Crippen LogP contribution < -0.4 is 20.1 Å². The summed E-state index contributed by atoms with van der Waals surface area (Å²) in [6.07, 6.45) is 1.87. The number of carbonyl (C=O) groups excluding carboxylic acids is 2. The number of nitrogens with one attached hydrogen (secondary N) is 2. The zero-order valence-electron chi connectivity index (χ0n) is 15.7. The lowest BCUT2D eigenvalue weighted by Gasteiger charge is -2.31. The number of hydrogen-bond donors (Lipinski definition) is 2. The van der Waals surface area contributed by atoms with E-state index in [1.165, 1.54) is 0 Å². The van der Waals surface area contributed by atoms with E-state index in [1.807, 2.05) is 13.0 Å². The normalized spacial score (nSPS) is 16.7. The van der Waals surface area contributed by atoms with Gasteiger partial charge in [-0.25, -0.2) is 4.79 Å². The first-order valence-electron chi connectivity index (χ1n) is 9.50. The lowest BCUT2D eigenvalue weighted by Crippen LogP contribution is -2.45. The SMILES string of the molecule is CCOC(=O)N1CCC(NCCC(=O)Nc2ccc3c(c2)OCCO3)CC1. The van der Waals surface area contributed by atoms with E-state index >= 15 is 0 Å². The largest absolute Gasteiger partial charge is 0.486 e. The summed E-state index contributed by atoms with van der Waals surface area (Å²) in [6.45, 7) is 5.23. The Hall–Kier alpha value is -2.48. The van der Waals surface area contributed by atoms with Crippen LogP contribution in [-0.4, -0.2) is 62.4 Å². The predicted molar refractivity (Wildman–Crippen MR) is 100 cm³/mol. The van der Waals surface area contributed by atoms with Crippen molar-refractivity contribution in [3.8, 4) is 11.5 Å². The van der Waals surface area contributed by atoms with Crippen LogP contribution in [0.4, 0.5) is 10.5 Å². The molecule has 8 nitrogen and oxygen atoms in total. The maximum Gasteiger partial charge on any atom is 0.409 e. The van der Waals surface area contributed by atoms with Crippen LogP contribution in [0.2, 0.25) is 0 Å². The summed E-state index contributed by atoms with van der Waals surface area (Å²) in [5.41, 5.74) is 0.701. The molecule has 0 bridgehead atoms. The molecule has 27 heavy (non-hydrogen) atoms. The number of benzene rings is 1. The van der Waals surface area contributed by atoms with E-state index in [-0.39, 0.29) is 12.0 Å². The number of rotatable bonds is 6. The molecule has 2 aliphatic heterocycles. The Kier molecular flexibility index (Phi) is 6.75. The van der Waals surface area contributed by atoms with Gasteiger partial charge in [-0.2, -0.15) is 0 Å². The molecule has 2 amide bonds. The van der Waals surface area contributed by atoms with Crippen molar-refractivity contribution >= 4 is 17.7 Å². The van der Waals surface area contributed by atoms with E-state index in [9.17, 15) is 9.59 Å². The maximum absolute atomic E-state index is 12.1. The van der Waals surface area contributed by atoms with Gasteiger partial charge in [0.2, 0.25) is 5.91 Å². The van der Waals surface area contributed by atoms with Gasteiger partial charge in [-0.05, 0) is 31.9 Å². The molecule has 1 fully saturated rings. The molecule has 1 aromatic rings. The Morgan fingerprint density at radius 2 is 1.93 bits per heavy atom. The van der Waals surface area contributed by atoms with E-state index in [1.54, 1.807) is 17.0 Å². The Morgan fingerprint density at radius 3 is 2.67 bits per heavy atom. The number of anilines is 1. The highest BCUT2D eigenvalue weighted by Crippen LogP contribution is 2.32. The van der Waals surface area contributed by atoms with Gasteiger partial charge in [-0.3, -0.25) is 4.79 Å². The maximum atomic E-state index is 12.1. The third-order valence-corrected chi connectivity index (χ3v) is 4.63. The van der Waals surface area contributed by atoms with Gasteiger partial charge in [0.1, 0.15) is 13.2 Å². The lowest BCUT2D eigenvalue weighted by atomic mass is 10.1. The molecule has 1 saturated heterocycles. The summed E-state index contributed by atoms with van der Waals surface area (Å²) in [6, 6.07) is 5.71. The molecule has 0 aromatic heterocycles. The van der Waals surface area contributed by atoms with Crippen molar-refractivity contribution in [3.63, 3.8) is 0 Å². The number of nitrogens with zero attached hydrogens (tertiary/aromatic N) is 1. The molecular formula is C19H27N3O5. The average molecular weight is 377 g/mol. The monoisotopic (exact) mass is 377 g/mol. The summed E-state index contributed by atoms with van der Waals surface area (Å²) >= 11 is 0. The standard InChI is InChI=1S/C19H27N3O5/c1-2-25-19(24)22-9-6-14(7-10-22)20-8-5-18(23)21-15-3-4-16-17(13-15)27-12-11-26-16/h3-4,13-14,20H,2,5-12H2,1H3,(H,21,23). The third-order valence-electron chi connectivity index (χ3n) is 4.63. The summed E-state index contributed by atoms with van der Waals surface area (Å²) in [4.78, 5) is 25.6. The van der Waals surface area contributed by atoms with Crippen molar-refractivity contribution in [2.24, 2.45) is 0 Å². The minimum atomic E-state index is -0.241. The summed E-state index contributed by atoms with van der Waals surface area (Å²) in [7, 11) is 0. The van der Waals surface area contributed by atoms with E-state index in [4.69, 9.17) is 14.2 Å². The number of ether oxygens (including phenoxy) is 3. The van der Waals surface area contributed by atoms with Crippen molar-refractivity contribution < 1.29 is 23.8 Å². The first-order chi connectivity index (χ1) is 13.2. The zero-order chi connectivity index (χ0) is 19.1. The lowest BCUT2D eigenvalue weighted by molar-refractivity contribution is -0.116. The smallest absolute Gasteiger partial charge is 0.409 e. The fraction of sp³-hybridized carbons (Fsp3) is 0.579. The van der Waals surface area contributed by atoms with Gasteiger partial charge in [0.15, 0.2) is 11.5 Å². The summed E-state index contributed by atoms with van der Waals surface area (Å²) < 4.78 is 16.0. The number of carbonyl (C=O) groups is 2. The molecule has 2 heterocycles. The van der Waals surface area contributed by atoms with Crippen LogP contribution in [-0.2, 0) is 9.53 Å². The summed E-state index contributed by atoms with van der Waals surface area (Å²) in [5, 5.41) is 6.28. The van der Waals surface area contributed by atoms with Crippen LogP contribution in [0.25, 0.3) is 0 Å². The van der Waals surface area contributed by atoms with Gasteiger partial charge in [0.25, 0.3) is 0 Å². The Labute approximate surface area is 159 Å². The predicted octanol–water partition coefficient (Wildman–Crippen LogP) is 2.00. The van der Waals surface area contributed by atoms with E-state index in [0.29, 0.717) is 69.1 Å². The Balaban J connectivity index is 1.35. The second kappa shape index (κ2) is 9.45. The topological polar surface area (TPSA) is 89.1 Å².